The maximum atomic E-state index is 8.93. The number of nitrogens with zero attached hydrogens (tertiary/aromatic N) is 1. The van der Waals surface area contributed by atoms with Gasteiger partial charge in [0.25, 0.3) is 0 Å². The normalized spacial score (nSPS) is 5.67. The monoisotopic (exact) mass is 208 g/mol. The van der Waals surface area contributed by atoms with Crippen LogP contribution in [0.25, 0.3) is 0 Å². The minimum Gasteiger partial charge on any atom is -0.543 e. The van der Waals surface area contributed by atoms with Crippen molar-refractivity contribution in [2.45, 2.75) is 0 Å². The fraction of sp³-hybridized carbons (Fsp3) is 0. The summed E-state index contributed by atoms with van der Waals surface area (Å²) in [6, 6.07) is 0. The molecule has 0 aromatic rings. The van der Waals surface area contributed by atoms with Crippen molar-refractivity contribution in [3.8, 4) is 0 Å². The quantitative estimate of drug-likeness (QED) is 0.183. The zero-order valence-electron chi connectivity index (χ0n) is 6.01. The standard InChI is InChI=1S/C2H2O4.Ca.NO3.H3N/c3-1(4)2(5)6;;2-1(3)4;/h(H,3,4)(H,5,6);;;1H3/q;+2;-1;/p-1. The van der Waals surface area contributed by atoms with Crippen LogP contribution in [0.3, 0.4) is 0 Å². The molecule has 0 unspecified atom stereocenters. The Hall–Kier alpha value is -0.640. The van der Waals surface area contributed by atoms with Gasteiger partial charge in [-0.25, -0.2) is 0 Å². The maximum Gasteiger partial charge on any atom is 2.00 e. The van der Waals surface area contributed by atoms with Gasteiger partial charge in [-0.15, -0.1) is 0 Å². The Morgan fingerprint density at radius 3 is 1.08 bits per heavy atom. The van der Waals surface area contributed by atoms with Crippen molar-refractivity contribution in [2.24, 2.45) is 0 Å². The molecule has 0 aliphatic rings. The number of rotatable bonds is 0. The Morgan fingerprint density at radius 2 is 1.08 bits per heavy atom. The zero-order chi connectivity index (χ0) is 8.73. The Kier molecular flexibility index (Phi) is 24.4. The van der Waals surface area contributed by atoms with Crippen LogP contribution in [-0.4, -0.2) is 54.8 Å². The number of carbonyl (C=O) groups excluding carboxylic acids is 2. The average Bonchev–Trinajstić information content (AvgIpc) is 1.63. The predicted molar refractivity (Wildman–Crippen MR) is 32.1 cm³/mol. The van der Waals surface area contributed by atoms with Crippen molar-refractivity contribution >= 4 is 49.7 Å². The molecule has 0 fully saturated rings. The maximum absolute atomic E-state index is 8.93. The molecule has 0 rings (SSSR count). The van der Waals surface area contributed by atoms with Crippen LogP contribution < -0.4 is 16.4 Å². The molecule has 12 heavy (non-hydrogen) atoms. The van der Waals surface area contributed by atoms with Crippen LogP contribution in [0, 0.1) is 15.3 Å². The molecule has 0 aliphatic carbocycles. The van der Waals surface area contributed by atoms with Crippen molar-refractivity contribution in [3.05, 3.63) is 15.3 Å². The van der Waals surface area contributed by atoms with E-state index in [4.69, 9.17) is 35.1 Å². The van der Waals surface area contributed by atoms with E-state index in [0.717, 1.165) is 0 Å². The number of carboxylic acids is 2. The van der Waals surface area contributed by atoms with Crippen molar-refractivity contribution in [1.82, 2.24) is 6.15 Å². The van der Waals surface area contributed by atoms with Crippen LogP contribution in [0.1, 0.15) is 0 Å². The summed E-state index contributed by atoms with van der Waals surface area (Å²) >= 11 is 0. The Balaban J connectivity index is -0.0000000483. The van der Waals surface area contributed by atoms with Crippen LogP contribution in [0.15, 0.2) is 0 Å². The number of carboxylic acid groups (broad SMARTS) is 2. The fourth-order valence-corrected chi connectivity index (χ4v) is 0. The first-order chi connectivity index (χ1) is 4.37. The summed E-state index contributed by atoms with van der Waals surface area (Å²) < 4.78 is 0. The molecule has 0 saturated heterocycles. The number of quaternary nitrogens is 1. The van der Waals surface area contributed by atoms with E-state index in [1.54, 1.807) is 0 Å². The van der Waals surface area contributed by atoms with E-state index in [9.17, 15) is 0 Å². The second kappa shape index (κ2) is 13.0. The molecule has 0 aromatic heterocycles. The number of hydrogen-bond donors (Lipinski definition) is 1. The molecule has 10 heteroatoms. The topological polar surface area (TPSA) is 183 Å². The van der Waals surface area contributed by atoms with Gasteiger partial charge in [0.05, 0.1) is 17.0 Å². The first kappa shape index (κ1) is 22.5. The van der Waals surface area contributed by atoms with E-state index < -0.39 is 17.0 Å². The van der Waals surface area contributed by atoms with Crippen molar-refractivity contribution in [1.29, 1.82) is 0 Å². The van der Waals surface area contributed by atoms with Crippen molar-refractivity contribution in [2.75, 3.05) is 0 Å². The minimum atomic E-state index is -2.19. The van der Waals surface area contributed by atoms with Crippen LogP contribution in [-0.2, 0) is 9.59 Å². The molecule has 4 N–H and O–H groups in total. The molecule has 66 valence electrons. The van der Waals surface area contributed by atoms with Crippen molar-refractivity contribution < 1.29 is 24.9 Å². The molecule has 0 aliphatic heterocycles. The van der Waals surface area contributed by atoms with Crippen LogP contribution >= 0.6 is 0 Å². The Labute approximate surface area is 95.7 Å². The SMILES string of the molecule is O=C([O-])C(=O)[O-].O=[N+]([O-])[O-].[Ca+2].[NH4+]. The summed E-state index contributed by atoms with van der Waals surface area (Å²) in [6.45, 7) is 0. The van der Waals surface area contributed by atoms with Gasteiger partial charge >= 0.3 is 37.7 Å². The van der Waals surface area contributed by atoms with Crippen LogP contribution in [0.2, 0.25) is 0 Å². The Morgan fingerprint density at radius 1 is 1.00 bits per heavy atom. The van der Waals surface area contributed by atoms with Gasteiger partial charge in [-0.3, -0.25) is 0 Å². The molecule has 0 amide bonds. The minimum absolute atomic E-state index is 0. The summed E-state index contributed by atoms with van der Waals surface area (Å²) in [5.74, 6) is -4.37. The van der Waals surface area contributed by atoms with E-state index >= 15 is 0 Å². The van der Waals surface area contributed by atoms with E-state index in [-0.39, 0.29) is 43.9 Å². The molecular formula is C2H4CaN2O7. The predicted octanol–water partition coefficient (Wildman–Crippen LogP) is -3.76. The summed E-state index contributed by atoms with van der Waals surface area (Å²) in [7, 11) is 0. The van der Waals surface area contributed by atoms with Crippen LogP contribution in [0.4, 0.5) is 0 Å². The second-order valence-corrected chi connectivity index (χ2v) is 0.799. The third-order valence-electron chi connectivity index (χ3n) is 0.167. The van der Waals surface area contributed by atoms with Crippen molar-refractivity contribution in [3.63, 3.8) is 0 Å². The van der Waals surface area contributed by atoms with E-state index in [0.29, 0.717) is 0 Å². The van der Waals surface area contributed by atoms with Gasteiger partial charge in [0.2, 0.25) is 0 Å². The molecule has 0 atom stereocenters. The second-order valence-electron chi connectivity index (χ2n) is 0.799. The molecule has 0 saturated carbocycles. The Bertz CT molecular complexity index is 141. The molecule has 0 spiro atoms. The first-order valence-electron chi connectivity index (χ1n) is 1.61. The van der Waals surface area contributed by atoms with Gasteiger partial charge < -0.3 is 41.3 Å². The smallest absolute Gasteiger partial charge is 0.543 e. The third-order valence-corrected chi connectivity index (χ3v) is 0.167. The largest absolute Gasteiger partial charge is 2.00 e. The third kappa shape index (κ3) is 57.9. The van der Waals surface area contributed by atoms with E-state index in [1.165, 1.54) is 0 Å². The number of hydrogen-bond acceptors (Lipinski definition) is 7. The van der Waals surface area contributed by atoms with Gasteiger partial charge in [-0.05, 0) is 0 Å². The summed E-state index contributed by atoms with van der Waals surface area (Å²) in [6.07, 6.45) is 0. The van der Waals surface area contributed by atoms with Gasteiger partial charge in [-0.2, -0.15) is 0 Å². The first-order valence-corrected chi connectivity index (χ1v) is 1.61. The average molecular weight is 208 g/mol. The fourth-order valence-electron chi connectivity index (χ4n) is 0. The van der Waals surface area contributed by atoms with Gasteiger partial charge in [-0.1, -0.05) is 0 Å². The number of carbonyl (C=O) groups is 2. The molecule has 0 radical (unpaired) electrons. The van der Waals surface area contributed by atoms with Gasteiger partial charge in [0.15, 0.2) is 0 Å². The van der Waals surface area contributed by atoms with Gasteiger partial charge in [0, 0.05) is 0 Å². The van der Waals surface area contributed by atoms with E-state index in [2.05, 4.69) is 0 Å². The summed E-state index contributed by atoms with van der Waals surface area (Å²) in [5, 5.41) is 32.6. The summed E-state index contributed by atoms with van der Waals surface area (Å²) in [4.78, 5) is 26.1. The summed E-state index contributed by atoms with van der Waals surface area (Å²) in [5.41, 5.74) is 0. The molecular weight excluding hydrogens is 204 g/mol. The zero-order valence-corrected chi connectivity index (χ0v) is 8.22. The van der Waals surface area contributed by atoms with E-state index in [1.807, 2.05) is 0 Å². The number of aliphatic carboxylic acids is 2. The molecule has 0 heterocycles. The van der Waals surface area contributed by atoms with Gasteiger partial charge in [0.1, 0.15) is 0 Å². The molecule has 0 bridgehead atoms. The molecule has 0 aromatic carbocycles. The van der Waals surface area contributed by atoms with Crippen LogP contribution in [0.5, 0.6) is 0 Å². The molecule has 9 nitrogen and oxygen atoms in total.